The van der Waals surface area contributed by atoms with Crippen LogP contribution in [-0.4, -0.2) is 44.0 Å². The Bertz CT molecular complexity index is 814. The van der Waals surface area contributed by atoms with E-state index in [0.29, 0.717) is 32.5 Å². The lowest BCUT2D eigenvalue weighted by atomic mass is 9.93. The van der Waals surface area contributed by atoms with Crippen molar-refractivity contribution in [1.82, 2.24) is 0 Å². The highest BCUT2D eigenvalue weighted by Gasteiger charge is 2.45. The minimum atomic E-state index is -0.995. The van der Waals surface area contributed by atoms with Crippen molar-refractivity contribution in [2.45, 2.75) is 44.8 Å². The molecule has 0 aromatic heterocycles. The van der Waals surface area contributed by atoms with Gasteiger partial charge in [0, 0.05) is 12.8 Å². The van der Waals surface area contributed by atoms with Crippen molar-refractivity contribution in [1.29, 1.82) is 0 Å². The molecule has 2 fully saturated rings. The second-order valence-corrected chi connectivity index (χ2v) is 6.94. The molecule has 29 heavy (non-hydrogen) atoms. The van der Waals surface area contributed by atoms with Crippen LogP contribution in [0.4, 0.5) is 8.78 Å². The Morgan fingerprint density at radius 2 is 1.90 bits per heavy atom. The van der Waals surface area contributed by atoms with Crippen LogP contribution < -0.4 is 0 Å². The Morgan fingerprint density at radius 3 is 2.55 bits per heavy atom. The predicted molar refractivity (Wildman–Crippen MR) is 98.3 cm³/mol. The quantitative estimate of drug-likeness (QED) is 0.171. The molecular weight excluding hydrogens is 386 g/mol. The molecule has 0 N–H and O–H groups in total. The number of esters is 1. The topological polar surface area (TPSA) is 71.1 Å². The van der Waals surface area contributed by atoms with Crippen LogP contribution in [0.3, 0.4) is 0 Å². The van der Waals surface area contributed by atoms with Crippen LogP contribution in [0.5, 0.6) is 0 Å². The van der Waals surface area contributed by atoms with Gasteiger partial charge < -0.3 is 18.9 Å². The number of halogens is 2. The highest BCUT2D eigenvalue weighted by atomic mass is 19.1. The number of carbonyl (C=O) groups excluding carboxylic acids is 2. The van der Waals surface area contributed by atoms with Gasteiger partial charge >= 0.3 is 5.97 Å². The molecule has 2 aliphatic rings. The second-order valence-electron chi connectivity index (χ2n) is 6.94. The summed E-state index contributed by atoms with van der Waals surface area (Å²) in [6.07, 6.45) is 2.53. The van der Waals surface area contributed by atoms with E-state index in [1.54, 1.807) is 13.8 Å². The fourth-order valence-corrected chi connectivity index (χ4v) is 3.76. The first-order chi connectivity index (χ1) is 13.9. The molecule has 1 unspecified atom stereocenters. The minimum absolute atomic E-state index is 0.0267. The zero-order valence-electron chi connectivity index (χ0n) is 16.5. The molecule has 1 saturated carbocycles. The standard InChI is InChI=1S/C21H24F2O6/c1-3-26-12-16(20(25)27-4-2)19(24)15-10-17(22)14(9-18(15)23)13-5-6-21(11-13)28-7-8-29-21/h9-10,12-13H,3-8,11H2,1-2H3. The van der Waals surface area contributed by atoms with E-state index in [2.05, 4.69) is 0 Å². The summed E-state index contributed by atoms with van der Waals surface area (Å²) in [4.78, 5) is 24.7. The van der Waals surface area contributed by atoms with Gasteiger partial charge in [0.1, 0.15) is 23.5 Å². The van der Waals surface area contributed by atoms with Crippen molar-refractivity contribution < 1.29 is 37.3 Å². The third kappa shape index (κ3) is 4.48. The van der Waals surface area contributed by atoms with Crippen molar-refractivity contribution in [3.05, 3.63) is 46.7 Å². The van der Waals surface area contributed by atoms with Crippen molar-refractivity contribution in [2.24, 2.45) is 0 Å². The number of ketones is 1. The van der Waals surface area contributed by atoms with Crippen molar-refractivity contribution >= 4 is 11.8 Å². The average Bonchev–Trinajstić information content (AvgIpc) is 3.33. The highest BCUT2D eigenvalue weighted by Crippen LogP contribution is 2.46. The molecule has 3 rings (SSSR count). The minimum Gasteiger partial charge on any atom is -0.500 e. The van der Waals surface area contributed by atoms with Crippen molar-refractivity contribution in [2.75, 3.05) is 26.4 Å². The summed E-state index contributed by atoms with van der Waals surface area (Å²) in [6.45, 7) is 4.42. The zero-order chi connectivity index (χ0) is 21.0. The van der Waals surface area contributed by atoms with E-state index >= 15 is 0 Å². The largest absolute Gasteiger partial charge is 0.500 e. The van der Waals surface area contributed by atoms with E-state index in [9.17, 15) is 18.4 Å². The molecule has 1 aromatic carbocycles. The van der Waals surface area contributed by atoms with E-state index in [-0.39, 0.29) is 24.7 Å². The maximum Gasteiger partial charge on any atom is 0.345 e. The molecule has 1 heterocycles. The van der Waals surface area contributed by atoms with Crippen molar-refractivity contribution in [3.8, 4) is 0 Å². The van der Waals surface area contributed by atoms with Crippen LogP contribution in [0.25, 0.3) is 0 Å². The fourth-order valence-electron chi connectivity index (χ4n) is 3.76. The predicted octanol–water partition coefficient (Wildman–Crippen LogP) is 3.64. The summed E-state index contributed by atoms with van der Waals surface area (Å²) in [5.41, 5.74) is -0.875. The van der Waals surface area contributed by atoms with Gasteiger partial charge in [-0.2, -0.15) is 0 Å². The molecule has 1 aliphatic heterocycles. The van der Waals surface area contributed by atoms with E-state index < -0.39 is 40.3 Å². The Kier molecular flexibility index (Phi) is 6.64. The third-order valence-corrected chi connectivity index (χ3v) is 5.12. The van der Waals surface area contributed by atoms with Gasteiger partial charge in [-0.15, -0.1) is 0 Å². The van der Waals surface area contributed by atoms with Gasteiger partial charge in [-0.05, 0) is 43.9 Å². The third-order valence-electron chi connectivity index (χ3n) is 5.12. The fraction of sp³-hybridized carbons (Fsp3) is 0.524. The summed E-state index contributed by atoms with van der Waals surface area (Å²) in [5.74, 6) is -4.58. The smallest absolute Gasteiger partial charge is 0.345 e. The van der Waals surface area contributed by atoms with Gasteiger partial charge in [0.05, 0.1) is 32.0 Å². The maximum absolute atomic E-state index is 14.8. The van der Waals surface area contributed by atoms with Gasteiger partial charge in [0.15, 0.2) is 5.79 Å². The lowest BCUT2D eigenvalue weighted by Gasteiger charge is -2.21. The average molecular weight is 410 g/mol. The zero-order valence-corrected chi connectivity index (χ0v) is 16.5. The summed E-state index contributed by atoms with van der Waals surface area (Å²) in [5, 5.41) is 0. The first kappa shape index (κ1) is 21.4. The molecule has 158 valence electrons. The summed E-state index contributed by atoms with van der Waals surface area (Å²) >= 11 is 0. The van der Waals surface area contributed by atoms with E-state index in [1.807, 2.05) is 0 Å². The number of carbonyl (C=O) groups is 2. The normalized spacial score (nSPS) is 20.8. The molecule has 8 heteroatoms. The van der Waals surface area contributed by atoms with Crippen LogP contribution >= 0.6 is 0 Å². The molecule has 1 atom stereocenters. The van der Waals surface area contributed by atoms with Crippen LogP contribution in [0.15, 0.2) is 24.0 Å². The molecular formula is C21H24F2O6. The maximum atomic E-state index is 14.8. The Hall–Kier alpha value is -2.32. The first-order valence-electron chi connectivity index (χ1n) is 9.71. The molecule has 0 radical (unpaired) electrons. The Balaban J connectivity index is 1.86. The number of benzene rings is 1. The molecule has 1 aliphatic carbocycles. The van der Waals surface area contributed by atoms with Gasteiger partial charge in [-0.3, -0.25) is 4.79 Å². The molecule has 0 amide bonds. The molecule has 1 spiro atoms. The monoisotopic (exact) mass is 410 g/mol. The van der Waals surface area contributed by atoms with Crippen LogP contribution in [0, 0.1) is 11.6 Å². The number of hydrogen-bond acceptors (Lipinski definition) is 6. The number of rotatable bonds is 7. The lowest BCUT2D eigenvalue weighted by molar-refractivity contribution is -0.151. The van der Waals surface area contributed by atoms with Crippen LogP contribution in [0.1, 0.15) is 54.9 Å². The lowest BCUT2D eigenvalue weighted by Crippen LogP contribution is -2.25. The second kappa shape index (κ2) is 9.00. The first-order valence-corrected chi connectivity index (χ1v) is 9.71. The van der Waals surface area contributed by atoms with Gasteiger partial charge in [-0.1, -0.05) is 0 Å². The van der Waals surface area contributed by atoms with E-state index in [1.165, 1.54) is 0 Å². The SMILES string of the molecule is CCOC=C(C(=O)OCC)C(=O)c1cc(F)c(C2CCC3(C2)OCCO3)cc1F. The summed E-state index contributed by atoms with van der Waals surface area (Å²) < 4.78 is 50.7. The highest BCUT2D eigenvalue weighted by molar-refractivity contribution is 6.24. The molecule has 1 aromatic rings. The molecule has 0 bridgehead atoms. The van der Waals surface area contributed by atoms with E-state index in [4.69, 9.17) is 18.9 Å². The Morgan fingerprint density at radius 1 is 1.17 bits per heavy atom. The van der Waals surface area contributed by atoms with Crippen LogP contribution in [-0.2, 0) is 23.7 Å². The molecule has 6 nitrogen and oxygen atoms in total. The summed E-state index contributed by atoms with van der Waals surface area (Å²) in [7, 11) is 0. The number of ether oxygens (including phenoxy) is 4. The Labute approximate surface area is 167 Å². The van der Waals surface area contributed by atoms with Crippen molar-refractivity contribution in [3.63, 3.8) is 0 Å². The summed E-state index contributed by atoms with van der Waals surface area (Å²) in [6, 6.07) is 1.85. The number of hydrogen-bond donors (Lipinski definition) is 0. The van der Waals surface area contributed by atoms with Crippen LogP contribution in [0.2, 0.25) is 0 Å². The van der Waals surface area contributed by atoms with Gasteiger partial charge in [-0.25, -0.2) is 13.6 Å². The number of Topliss-reactive ketones (excluding diaryl/α,β-unsaturated/α-hetero) is 1. The molecule has 1 saturated heterocycles. The van der Waals surface area contributed by atoms with Gasteiger partial charge in [0.25, 0.3) is 0 Å². The van der Waals surface area contributed by atoms with E-state index in [0.717, 1.165) is 18.4 Å². The van der Waals surface area contributed by atoms with Gasteiger partial charge in [0.2, 0.25) is 5.78 Å².